The maximum Gasteiger partial charge on any atom is 0.237 e. The van der Waals surface area contributed by atoms with Crippen LogP contribution < -0.4 is 15.8 Å². The number of hydrogen-bond acceptors (Lipinski definition) is 4. The molecule has 0 saturated carbocycles. The molecule has 0 fully saturated rings. The van der Waals surface area contributed by atoms with Gasteiger partial charge >= 0.3 is 0 Å². The SMILES string of the molecule is CC(O)C(NCc1cccc(OCc2cccc(F)c2)c1)C(N)=O. The first-order chi connectivity index (χ1) is 11.5. The summed E-state index contributed by atoms with van der Waals surface area (Å²) in [4.78, 5) is 11.3. The number of primary amides is 1. The van der Waals surface area contributed by atoms with Crippen LogP contribution >= 0.6 is 0 Å². The Morgan fingerprint density at radius 2 is 1.96 bits per heavy atom. The molecular formula is C18H21FN2O3. The van der Waals surface area contributed by atoms with Crippen LogP contribution in [-0.2, 0) is 17.9 Å². The van der Waals surface area contributed by atoms with E-state index < -0.39 is 18.1 Å². The summed E-state index contributed by atoms with van der Waals surface area (Å²) in [6, 6.07) is 12.7. The smallest absolute Gasteiger partial charge is 0.237 e. The highest BCUT2D eigenvalue weighted by molar-refractivity contribution is 5.80. The number of hydrogen-bond donors (Lipinski definition) is 3. The second kappa shape index (κ2) is 8.42. The van der Waals surface area contributed by atoms with Gasteiger partial charge in [-0.1, -0.05) is 24.3 Å². The third-order valence-electron chi connectivity index (χ3n) is 3.51. The van der Waals surface area contributed by atoms with Crippen molar-refractivity contribution in [2.45, 2.75) is 32.2 Å². The largest absolute Gasteiger partial charge is 0.489 e. The highest BCUT2D eigenvalue weighted by Gasteiger charge is 2.20. The Hall–Kier alpha value is -2.44. The summed E-state index contributed by atoms with van der Waals surface area (Å²) in [7, 11) is 0. The quantitative estimate of drug-likeness (QED) is 0.687. The van der Waals surface area contributed by atoms with Gasteiger partial charge in [-0.25, -0.2) is 4.39 Å². The molecule has 24 heavy (non-hydrogen) atoms. The number of benzene rings is 2. The lowest BCUT2D eigenvalue weighted by molar-refractivity contribution is -0.122. The number of rotatable bonds is 8. The van der Waals surface area contributed by atoms with Crippen LogP contribution in [0.3, 0.4) is 0 Å². The number of ether oxygens (including phenoxy) is 1. The number of carbonyl (C=O) groups is 1. The van der Waals surface area contributed by atoms with Crippen LogP contribution in [0.4, 0.5) is 4.39 Å². The molecule has 6 heteroatoms. The molecule has 0 spiro atoms. The van der Waals surface area contributed by atoms with Gasteiger partial charge in [0.2, 0.25) is 5.91 Å². The molecule has 4 N–H and O–H groups in total. The minimum Gasteiger partial charge on any atom is -0.489 e. The average Bonchev–Trinajstić information content (AvgIpc) is 2.53. The molecule has 0 aliphatic heterocycles. The number of aliphatic hydroxyl groups excluding tert-OH is 1. The fraction of sp³-hybridized carbons (Fsp3) is 0.278. The van der Waals surface area contributed by atoms with E-state index in [0.29, 0.717) is 12.3 Å². The maximum absolute atomic E-state index is 13.1. The first kappa shape index (κ1) is 17.9. The fourth-order valence-electron chi connectivity index (χ4n) is 2.28. The Kier molecular flexibility index (Phi) is 6.28. The summed E-state index contributed by atoms with van der Waals surface area (Å²) < 4.78 is 18.8. The van der Waals surface area contributed by atoms with E-state index in [1.165, 1.54) is 19.1 Å². The minimum absolute atomic E-state index is 0.256. The van der Waals surface area contributed by atoms with E-state index >= 15 is 0 Å². The van der Waals surface area contributed by atoms with Crippen LogP contribution in [-0.4, -0.2) is 23.2 Å². The lowest BCUT2D eigenvalue weighted by Gasteiger charge is -2.18. The Balaban J connectivity index is 1.94. The van der Waals surface area contributed by atoms with Crippen LogP contribution in [0, 0.1) is 5.82 Å². The van der Waals surface area contributed by atoms with Crippen LogP contribution in [0.15, 0.2) is 48.5 Å². The maximum atomic E-state index is 13.1. The van der Waals surface area contributed by atoms with Gasteiger partial charge in [-0.05, 0) is 42.3 Å². The van der Waals surface area contributed by atoms with E-state index in [1.54, 1.807) is 18.2 Å². The normalized spacial score (nSPS) is 13.3. The van der Waals surface area contributed by atoms with Gasteiger partial charge < -0.3 is 15.6 Å². The first-order valence-electron chi connectivity index (χ1n) is 7.62. The molecule has 0 radical (unpaired) electrons. The summed E-state index contributed by atoms with van der Waals surface area (Å²) in [6.45, 7) is 2.11. The predicted octanol–water partition coefficient (Wildman–Crippen LogP) is 1.73. The second-order valence-corrected chi connectivity index (χ2v) is 5.57. The molecule has 2 aromatic carbocycles. The third-order valence-corrected chi connectivity index (χ3v) is 3.51. The van der Waals surface area contributed by atoms with Gasteiger partial charge in [0.15, 0.2) is 0 Å². The van der Waals surface area contributed by atoms with Gasteiger partial charge in [-0.3, -0.25) is 10.1 Å². The summed E-state index contributed by atoms with van der Waals surface area (Å²) >= 11 is 0. The van der Waals surface area contributed by atoms with E-state index in [0.717, 1.165) is 11.1 Å². The number of nitrogens with one attached hydrogen (secondary N) is 1. The van der Waals surface area contributed by atoms with Crippen molar-refractivity contribution in [1.29, 1.82) is 0 Å². The highest BCUT2D eigenvalue weighted by atomic mass is 19.1. The van der Waals surface area contributed by atoms with Crippen molar-refractivity contribution >= 4 is 5.91 Å². The van der Waals surface area contributed by atoms with Crippen molar-refractivity contribution in [3.8, 4) is 5.75 Å². The molecule has 2 rings (SSSR count). The molecule has 128 valence electrons. The summed E-state index contributed by atoms with van der Waals surface area (Å²) in [5, 5.41) is 12.4. The lowest BCUT2D eigenvalue weighted by atomic mass is 10.1. The number of amides is 1. The van der Waals surface area contributed by atoms with Crippen molar-refractivity contribution in [2.24, 2.45) is 5.73 Å². The van der Waals surface area contributed by atoms with Gasteiger partial charge in [0.05, 0.1) is 6.10 Å². The van der Waals surface area contributed by atoms with E-state index in [9.17, 15) is 14.3 Å². The molecule has 0 aliphatic rings. The van der Waals surface area contributed by atoms with Gasteiger partial charge in [0.1, 0.15) is 24.2 Å². The molecule has 2 atom stereocenters. The molecule has 5 nitrogen and oxygen atoms in total. The molecular weight excluding hydrogens is 311 g/mol. The summed E-state index contributed by atoms with van der Waals surface area (Å²) in [6.07, 6.45) is -0.880. The van der Waals surface area contributed by atoms with Gasteiger partial charge in [0, 0.05) is 6.54 Å². The van der Waals surface area contributed by atoms with Crippen molar-refractivity contribution in [2.75, 3.05) is 0 Å². The zero-order valence-corrected chi connectivity index (χ0v) is 13.4. The second-order valence-electron chi connectivity index (χ2n) is 5.57. The molecule has 2 unspecified atom stereocenters. The first-order valence-corrected chi connectivity index (χ1v) is 7.62. The van der Waals surface area contributed by atoms with Crippen molar-refractivity contribution in [3.05, 3.63) is 65.5 Å². The number of carbonyl (C=O) groups excluding carboxylic acids is 1. The van der Waals surface area contributed by atoms with E-state index in [4.69, 9.17) is 10.5 Å². The Bertz CT molecular complexity index is 691. The molecule has 2 aromatic rings. The van der Waals surface area contributed by atoms with Crippen molar-refractivity contribution in [3.63, 3.8) is 0 Å². The Morgan fingerprint density at radius 3 is 2.62 bits per heavy atom. The molecule has 0 aromatic heterocycles. The van der Waals surface area contributed by atoms with Crippen LogP contribution in [0.1, 0.15) is 18.1 Å². The zero-order chi connectivity index (χ0) is 17.5. The molecule has 0 bridgehead atoms. The van der Waals surface area contributed by atoms with Crippen LogP contribution in [0.25, 0.3) is 0 Å². The topological polar surface area (TPSA) is 84.6 Å². The monoisotopic (exact) mass is 332 g/mol. The fourth-order valence-corrected chi connectivity index (χ4v) is 2.28. The lowest BCUT2D eigenvalue weighted by Crippen LogP contribution is -2.47. The summed E-state index contributed by atoms with van der Waals surface area (Å²) in [5.74, 6) is -0.278. The number of nitrogens with two attached hydrogens (primary N) is 1. The zero-order valence-electron chi connectivity index (χ0n) is 13.4. The van der Waals surface area contributed by atoms with Gasteiger partial charge in [-0.15, -0.1) is 0 Å². The van der Waals surface area contributed by atoms with Gasteiger partial charge in [0.25, 0.3) is 0 Å². The molecule has 0 aliphatic carbocycles. The van der Waals surface area contributed by atoms with Crippen LogP contribution in [0.5, 0.6) is 5.75 Å². The standard InChI is InChI=1S/C18H21FN2O3/c1-12(22)17(18(20)23)21-10-13-4-3-7-16(9-13)24-11-14-5-2-6-15(19)8-14/h2-9,12,17,21-22H,10-11H2,1H3,(H2,20,23). The third kappa shape index (κ3) is 5.33. The van der Waals surface area contributed by atoms with E-state index in [2.05, 4.69) is 5.32 Å². The highest BCUT2D eigenvalue weighted by Crippen LogP contribution is 2.16. The number of aliphatic hydroxyl groups is 1. The average molecular weight is 332 g/mol. The Morgan fingerprint density at radius 1 is 1.25 bits per heavy atom. The van der Waals surface area contributed by atoms with Crippen molar-refractivity contribution < 1.29 is 19.0 Å². The van der Waals surface area contributed by atoms with Crippen molar-refractivity contribution in [1.82, 2.24) is 5.32 Å². The Labute approximate surface area is 140 Å². The molecule has 0 saturated heterocycles. The van der Waals surface area contributed by atoms with E-state index in [1.807, 2.05) is 18.2 Å². The van der Waals surface area contributed by atoms with E-state index in [-0.39, 0.29) is 12.4 Å². The summed E-state index contributed by atoms with van der Waals surface area (Å²) in [5.41, 5.74) is 6.85. The van der Waals surface area contributed by atoms with Gasteiger partial charge in [-0.2, -0.15) is 0 Å². The number of halogens is 1. The molecule has 0 heterocycles. The minimum atomic E-state index is -0.880. The predicted molar refractivity (Wildman–Crippen MR) is 88.7 cm³/mol. The van der Waals surface area contributed by atoms with Crippen LogP contribution in [0.2, 0.25) is 0 Å². The molecule has 1 amide bonds.